The third-order valence-electron chi connectivity index (χ3n) is 4.67. The molecule has 0 amide bonds. The van der Waals surface area contributed by atoms with Crippen molar-refractivity contribution in [3.05, 3.63) is 77.5 Å². The van der Waals surface area contributed by atoms with Crippen LogP contribution in [0, 0.1) is 5.41 Å². The molecule has 1 heteroatoms. The molecule has 1 heterocycles. The molecule has 0 radical (unpaired) electrons. The summed E-state index contributed by atoms with van der Waals surface area (Å²) in [6, 6.07) is 21.6. The summed E-state index contributed by atoms with van der Waals surface area (Å²) >= 11 is 0. The molecule has 1 aliphatic rings. The summed E-state index contributed by atoms with van der Waals surface area (Å²) in [4.78, 5) is 5.01. The summed E-state index contributed by atoms with van der Waals surface area (Å²) < 4.78 is 0. The fraction of sp³-hybridized carbons (Fsp3) is 0.250. The molecular weight excluding hydrogens is 254 g/mol. The second-order valence-corrected chi connectivity index (χ2v) is 6.73. The Morgan fingerprint density at radius 1 is 0.952 bits per heavy atom. The van der Waals surface area contributed by atoms with Crippen molar-refractivity contribution in [1.29, 1.82) is 0 Å². The Morgan fingerprint density at radius 3 is 2.48 bits per heavy atom. The van der Waals surface area contributed by atoms with Gasteiger partial charge in [-0.1, -0.05) is 62.4 Å². The first-order valence-corrected chi connectivity index (χ1v) is 7.59. The SMILES string of the molecule is CC1(C)Cc2cc3ccccc3nc2C1c1ccccc1. The topological polar surface area (TPSA) is 12.9 Å². The molecule has 1 unspecified atom stereocenters. The van der Waals surface area contributed by atoms with Crippen LogP contribution in [0.4, 0.5) is 0 Å². The first-order chi connectivity index (χ1) is 10.1. The molecule has 104 valence electrons. The van der Waals surface area contributed by atoms with Crippen LogP contribution in [-0.2, 0) is 6.42 Å². The zero-order valence-electron chi connectivity index (χ0n) is 12.5. The highest BCUT2D eigenvalue weighted by atomic mass is 14.7. The number of pyridine rings is 1. The average molecular weight is 273 g/mol. The smallest absolute Gasteiger partial charge is 0.0705 e. The summed E-state index contributed by atoms with van der Waals surface area (Å²) in [5.41, 5.74) is 5.38. The Morgan fingerprint density at radius 2 is 1.67 bits per heavy atom. The lowest BCUT2D eigenvalue weighted by molar-refractivity contribution is 0.344. The summed E-state index contributed by atoms with van der Waals surface area (Å²) in [6.45, 7) is 4.72. The first-order valence-electron chi connectivity index (χ1n) is 7.59. The van der Waals surface area contributed by atoms with E-state index in [1.807, 2.05) is 0 Å². The molecule has 0 saturated heterocycles. The van der Waals surface area contributed by atoms with E-state index >= 15 is 0 Å². The van der Waals surface area contributed by atoms with Crippen LogP contribution < -0.4 is 0 Å². The Kier molecular flexibility index (Phi) is 2.65. The third-order valence-corrected chi connectivity index (χ3v) is 4.67. The highest BCUT2D eigenvalue weighted by molar-refractivity contribution is 5.80. The number of aromatic nitrogens is 1. The highest BCUT2D eigenvalue weighted by Gasteiger charge is 2.41. The number of para-hydroxylation sites is 1. The molecule has 1 atom stereocenters. The molecule has 21 heavy (non-hydrogen) atoms. The maximum atomic E-state index is 5.01. The van der Waals surface area contributed by atoms with E-state index < -0.39 is 0 Å². The maximum Gasteiger partial charge on any atom is 0.0705 e. The molecule has 1 aromatic heterocycles. The van der Waals surface area contributed by atoms with Crippen molar-refractivity contribution >= 4 is 10.9 Å². The van der Waals surface area contributed by atoms with Crippen molar-refractivity contribution in [2.24, 2.45) is 5.41 Å². The molecular formula is C20H19N. The normalized spacial score (nSPS) is 19.6. The van der Waals surface area contributed by atoms with Gasteiger partial charge in [0.15, 0.2) is 0 Å². The van der Waals surface area contributed by atoms with Crippen LogP contribution in [0.3, 0.4) is 0 Å². The minimum absolute atomic E-state index is 0.216. The Hall–Kier alpha value is -2.15. The van der Waals surface area contributed by atoms with Gasteiger partial charge in [-0.2, -0.15) is 0 Å². The number of rotatable bonds is 1. The minimum atomic E-state index is 0.216. The number of nitrogens with zero attached hydrogens (tertiary/aromatic N) is 1. The number of benzene rings is 2. The van der Waals surface area contributed by atoms with Gasteiger partial charge in [-0.15, -0.1) is 0 Å². The summed E-state index contributed by atoms with van der Waals surface area (Å²) in [5, 5.41) is 1.25. The molecule has 0 N–H and O–H groups in total. The largest absolute Gasteiger partial charge is 0.252 e. The number of hydrogen-bond acceptors (Lipinski definition) is 1. The van der Waals surface area contributed by atoms with E-state index in [9.17, 15) is 0 Å². The molecule has 1 aliphatic carbocycles. The van der Waals surface area contributed by atoms with E-state index in [0.29, 0.717) is 5.92 Å². The zero-order chi connectivity index (χ0) is 14.4. The quantitative estimate of drug-likeness (QED) is 0.611. The maximum absolute atomic E-state index is 5.01. The fourth-order valence-electron chi connectivity index (χ4n) is 3.78. The average Bonchev–Trinajstić information content (AvgIpc) is 2.74. The zero-order valence-corrected chi connectivity index (χ0v) is 12.5. The van der Waals surface area contributed by atoms with E-state index in [2.05, 4.69) is 74.5 Å². The van der Waals surface area contributed by atoms with Crippen LogP contribution in [0.15, 0.2) is 60.7 Å². The van der Waals surface area contributed by atoms with Gasteiger partial charge >= 0.3 is 0 Å². The van der Waals surface area contributed by atoms with Crippen LogP contribution in [0.5, 0.6) is 0 Å². The molecule has 3 aromatic rings. The van der Waals surface area contributed by atoms with Gasteiger partial charge in [-0.3, -0.25) is 4.98 Å². The summed E-state index contributed by atoms with van der Waals surface area (Å²) in [7, 11) is 0. The van der Waals surface area contributed by atoms with Crippen molar-refractivity contribution in [3.8, 4) is 0 Å². The van der Waals surface area contributed by atoms with Crippen molar-refractivity contribution in [2.75, 3.05) is 0 Å². The Balaban J connectivity index is 1.95. The van der Waals surface area contributed by atoms with Gasteiger partial charge in [0.1, 0.15) is 0 Å². The Bertz CT molecular complexity index is 802. The van der Waals surface area contributed by atoms with E-state index in [1.54, 1.807) is 0 Å². The van der Waals surface area contributed by atoms with E-state index in [0.717, 1.165) is 11.9 Å². The van der Waals surface area contributed by atoms with Crippen molar-refractivity contribution in [2.45, 2.75) is 26.2 Å². The van der Waals surface area contributed by atoms with Gasteiger partial charge in [-0.25, -0.2) is 0 Å². The summed E-state index contributed by atoms with van der Waals surface area (Å²) in [6.07, 6.45) is 1.10. The van der Waals surface area contributed by atoms with Gasteiger partial charge in [0.05, 0.1) is 11.2 Å². The molecule has 4 rings (SSSR count). The van der Waals surface area contributed by atoms with Gasteiger partial charge in [0.2, 0.25) is 0 Å². The second-order valence-electron chi connectivity index (χ2n) is 6.73. The molecule has 1 nitrogen and oxygen atoms in total. The predicted molar refractivity (Wildman–Crippen MR) is 87.5 cm³/mol. The van der Waals surface area contributed by atoms with Gasteiger partial charge in [-0.05, 0) is 35.1 Å². The van der Waals surface area contributed by atoms with Gasteiger partial charge < -0.3 is 0 Å². The lowest BCUT2D eigenvalue weighted by atomic mass is 9.77. The lowest BCUT2D eigenvalue weighted by Gasteiger charge is -2.27. The van der Waals surface area contributed by atoms with E-state index in [1.165, 1.54) is 22.2 Å². The Labute approximate surface area is 125 Å². The molecule has 2 aromatic carbocycles. The van der Waals surface area contributed by atoms with Crippen LogP contribution in [0.25, 0.3) is 10.9 Å². The minimum Gasteiger partial charge on any atom is -0.252 e. The van der Waals surface area contributed by atoms with Crippen molar-refractivity contribution in [1.82, 2.24) is 4.98 Å². The van der Waals surface area contributed by atoms with E-state index in [-0.39, 0.29) is 5.41 Å². The highest BCUT2D eigenvalue weighted by Crippen LogP contribution is 2.50. The third kappa shape index (κ3) is 1.96. The lowest BCUT2D eigenvalue weighted by Crippen LogP contribution is -2.19. The van der Waals surface area contributed by atoms with Crippen LogP contribution >= 0.6 is 0 Å². The first kappa shape index (κ1) is 12.6. The van der Waals surface area contributed by atoms with Gasteiger partial charge in [0, 0.05) is 11.3 Å². The molecule has 0 saturated carbocycles. The molecule has 0 fully saturated rings. The van der Waals surface area contributed by atoms with Gasteiger partial charge in [0.25, 0.3) is 0 Å². The van der Waals surface area contributed by atoms with Crippen LogP contribution in [0.2, 0.25) is 0 Å². The molecule has 0 bridgehead atoms. The number of hydrogen-bond donors (Lipinski definition) is 0. The van der Waals surface area contributed by atoms with Crippen molar-refractivity contribution < 1.29 is 0 Å². The van der Waals surface area contributed by atoms with E-state index in [4.69, 9.17) is 4.98 Å². The monoisotopic (exact) mass is 273 g/mol. The second kappa shape index (κ2) is 4.42. The van der Waals surface area contributed by atoms with Crippen LogP contribution in [0.1, 0.15) is 36.6 Å². The molecule has 0 aliphatic heterocycles. The molecule has 0 spiro atoms. The fourth-order valence-corrected chi connectivity index (χ4v) is 3.78. The van der Waals surface area contributed by atoms with Crippen LogP contribution in [-0.4, -0.2) is 4.98 Å². The van der Waals surface area contributed by atoms with Crippen molar-refractivity contribution in [3.63, 3.8) is 0 Å². The summed E-state index contributed by atoms with van der Waals surface area (Å²) in [5.74, 6) is 0.387. The predicted octanol–water partition coefficient (Wildman–Crippen LogP) is 4.95. The standard InChI is InChI=1S/C20H19N/c1-20(2)13-16-12-15-10-6-7-11-17(15)21-19(16)18(20)14-8-4-3-5-9-14/h3-12,18H,13H2,1-2H3. The number of fused-ring (bicyclic) bond motifs is 2.